The Kier molecular flexibility index (Phi) is 7.36. The summed E-state index contributed by atoms with van der Waals surface area (Å²) in [5, 5.41) is 13.0. The Balaban J connectivity index is 1.89. The number of rotatable bonds is 7. The minimum absolute atomic E-state index is 0.242. The van der Waals surface area contributed by atoms with Crippen LogP contribution in [0.4, 0.5) is 0 Å². The summed E-state index contributed by atoms with van der Waals surface area (Å²) in [5.74, 6) is -0.176. The molecule has 0 amide bonds. The van der Waals surface area contributed by atoms with E-state index in [1.165, 1.54) is 11.8 Å². The number of carboxylic acid groups (broad SMARTS) is 1. The first kappa shape index (κ1) is 22.4. The lowest BCUT2D eigenvalue weighted by atomic mass is 9.96. The lowest BCUT2D eigenvalue weighted by molar-refractivity contribution is -0.138. The van der Waals surface area contributed by atoms with Gasteiger partial charge in [0, 0.05) is 11.4 Å². The summed E-state index contributed by atoms with van der Waals surface area (Å²) in [6.45, 7) is 3.85. The highest BCUT2D eigenvalue weighted by Crippen LogP contribution is 2.34. The van der Waals surface area contributed by atoms with Crippen LogP contribution in [0.15, 0.2) is 64.8 Å². The monoisotopic (exact) mass is 440 g/mol. The number of carboxylic acids is 1. The first-order valence-corrected chi connectivity index (χ1v) is 10.7. The number of benzene rings is 2. The van der Waals surface area contributed by atoms with E-state index in [4.69, 9.17) is 14.5 Å². The number of methoxy groups -OCH3 is 1. The van der Waals surface area contributed by atoms with Crippen molar-refractivity contribution in [3.63, 3.8) is 0 Å². The van der Waals surface area contributed by atoms with E-state index >= 15 is 0 Å². The van der Waals surface area contributed by atoms with Crippen LogP contribution in [0, 0.1) is 0 Å². The van der Waals surface area contributed by atoms with Gasteiger partial charge in [0.1, 0.15) is 11.8 Å². The quantitative estimate of drug-likeness (QED) is 0.624. The van der Waals surface area contributed by atoms with Crippen LogP contribution in [-0.4, -0.2) is 35.9 Å². The molecule has 0 fully saturated rings. The molecule has 31 heavy (non-hydrogen) atoms. The maximum absolute atomic E-state index is 12.7. The summed E-state index contributed by atoms with van der Waals surface area (Å²) in [6.07, 6.45) is 0. The average molecular weight is 441 g/mol. The maximum Gasteiger partial charge on any atom is 0.338 e. The van der Waals surface area contributed by atoms with Gasteiger partial charge >= 0.3 is 11.9 Å². The molecule has 1 aliphatic heterocycles. The third kappa shape index (κ3) is 5.46. The van der Waals surface area contributed by atoms with E-state index in [1.807, 2.05) is 37.3 Å². The molecule has 7 nitrogen and oxygen atoms in total. The van der Waals surface area contributed by atoms with Gasteiger partial charge in [-0.25, -0.2) is 14.6 Å². The zero-order valence-electron chi connectivity index (χ0n) is 17.5. The van der Waals surface area contributed by atoms with Gasteiger partial charge in [-0.1, -0.05) is 36.0 Å². The number of carbonyl (C=O) groups is 2. The minimum atomic E-state index is -0.962. The van der Waals surface area contributed by atoms with Crippen LogP contribution in [0.1, 0.15) is 41.4 Å². The second-order valence-corrected chi connectivity index (χ2v) is 7.76. The van der Waals surface area contributed by atoms with Crippen molar-refractivity contribution in [1.29, 1.82) is 0 Å². The Hall–Kier alpha value is -3.26. The van der Waals surface area contributed by atoms with Gasteiger partial charge < -0.3 is 19.9 Å². The fourth-order valence-electron chi connectivity index (χ4n) is 3.19. The number of hydrogen-bond donors (Lipinski definition) is 2. The van der Waals surface area contributed by atoms with Gasteiger partial charge in [-0.15, -0.1) is 0 Å². The molecule has 1 atom stereocenters. The molecule has 2 aromatic carbocycles. The van der Waals surface area contributed by atoms with Gasteiger partial charge in [-0.3, -0.25) is 0 Å². The number of ether oxygens (including phenoxy) is 2. The van der Waals surface area contributed by atoms with Gasteiger partial charge in [0.25, 0.3) is 0 Å². The summed E-state index contributed by atoms with van der Waals surface area (Å²) in [5.41, 5.74) is 3.04. The molecule has 1 aliphatic rings. The smallest absolute Gasteiger partial charge is 0.338 e. The van der Waals surface area contributed by atoms with E-state index in [9.17, 15) is 14.7 Å². The Morgan fingerprint density at radius 1 is 1.19 bits per heavy atom. The van der Waals surface area contributed by atoms with Crippen LogP contribution in [0.5, 0.6) is 5.75 Å². The molecule has 0 saturated heterocycles. The van der Waals surface area contributed by atoms with E-state index in [0.717, 1.165) is 11.1 Å². The molecule has 2 aromatic rings. The highest BCUT2D eigenvalue weighted by molar-refractivity contribution is 8.13. The fourth-order valence-corrected chi connectivity index (χ4v) is 4.08. The number of amidine groups is 1. The van der Waals surface area contributed by atoms with Crippen molar-refractivity contribution in [2.75, 3.05) is 13.7 Å². The zero-order valence-corrected chi connectivity index (χ0v) is 18.4. The van der Waals surface area contributed by atoms with E-state index in [1.54, 1.807) is 32.2 Å². The highest BCUT2D eigenvalue weighted by Gasteiger charge is 2.30. The fraction of sp³-hybridized carbons (Fsp3) is 0.261. The van der Waals surface area contributed by atoms with Gasteiger partial charge in [0.15, 0.2) is 5.17 Å². The molecular formula is C23H24N2O5S. The number of allylic oxidation sites excluding steroid dienone is 1. The first-order valence-electron chi connectivity index (χ1n) is 9.74. The highest BCUT2D eigenvalue weighted by atomic mass is 32.2. The number of aliphatic imine (C=N–C) groups is 1. The SMILES string of the molecule is CCOC(=O)C1=C(C)NC(SCc2cccc(C(=O)O)c2)=N[C@@H]1c1cccc(OC)c1. The Labute approximate surface area is 185 Å². The van der Waals surface area contributed by atoms with Crippen LogP contribution >= 0.6 is 11.8 Å². The second kappa shape index (κ2) is 10.2. The summed E-state index contributed by atoms with van der Waals surface area (Å²) >= 11 is 1.44. The molecule has 8 heteroatoms. The van der Waals surface area contributed by atoms with Crippen LogP contribution < -0.4 is 10.1 Å². The van der Waals surface area contributed by atoms with Crippen molar-refractivity contribution in [3.8, 4) is 5.75 Å². The summed E-state index contributed by atoms with van der Waals surface area (Å²) < 4.78 is 10.6. The van der Waals surface area contributed by atoms with E-state index in [2.05, 4.69) is 5.32 Å². The predicted octanol–water partition coefficient (Wildman–Crippen LogP) is 4.16. The molecular weight excluding hydrogens is 416 g/mol. The third-order valence-electron chi connectivity index (χ3n) is 4.67. The number of hydrogen-bond acceptors (Lipinski definition) is 7. The first-order chi connectivity index (χ1) is 14.9. The number of esters is 1. The van der Waals surface area contributed by atoms with Crippen molar-refractivity contribution in [2.24, 2.45) is 4.99 Å². The molecule has 1 heterocycles. The second-order valence-electron chi connectivity index (χ2n) is 6.79. The van der Waals surface area contributed by atoms with Crippen molar-refractivity contribution < 1.29 is 24.2 Å². The third-order valence-corrected chi connectivity index (χ3v) is 5.63. The number of nitrogens with zero attached hydrogens (tertiary/aromatic N) is 1. The lowest BCUT2D eigenvalue weighted by Crippen LogP contribution is -2.30. The van der Waals surface area contributed by atoms with Crippen molar-refractivity contribution >= 4 is 28.9 Å². The Morgan fingerprint density at radius 3 is 2.68 bits per heavy atom. The molecule has 0 aliphatic carbocycles. The number of thioether (sulfide) groups is 1. The lowest BCUT2D eigenvalue weighted by Gasteiger charge is -2.26. The summed E-state index contributed by atoms with van der Waals surface area (Å²) in [6, 6.07) is 13.7. The molecule has 0 bridgehead atoms. The van der Waals surface area contributed by atoms with Crippen molar-refractivity contribution in [2.45, 2.75) is 25.6 Å². The molecule has 3 rings (SSSR count). The summed E-state index contributed by atoms with van der Waals surface area (Å²) in [7, 11) is 1.59. The Bertz CT molecular complexity index is 1050. The van der Waals surface area contributed by atoms with E-state index in [0.29, 0.717) is 27.9 Å². The Morgan fingerprint density at radius 2 is 1.97 bits per heavy atom. The minimum Gasteiger partial charge on any atom is -0.497 e. The van der Waals surface area contributed by atoms with Crippen LogP contribution in [-0.2, 0) is 15.3 Å². The van der Waals surface area contributed by atoms with Crippen LogP contribution in [0.3, 0.4) is 0 Å². The maximum atomic E-state index is 12.7. The van der Waals surface area contributed by atoms with Gasteiger partial charge in [0.2, 0.25) is 0 Å². The van der Waals surface area contributed by atoms with Gasteiger partial charge in [0.05, 0.1) is 24.9 Å². The average Bonchev–Trinajstić information content (AvgIpc) is 2.77. The van der Waals surface area contributed by atoms with Gasteiger partial charge in [-0.05, 0) is 49.2 Å². The molecule has 0 spiro atoms. The largest absolute Gasteiger partial charge is 0.497 e. The topological polar surface area (TPSA) is 97.2 Å². The predicted molar refractivity (Wildman–Crippen MR) is 120 cm³/mol. The molecule has 2 N–H and O–H groups in total. The summed E-state index contributed by atoms with van der Waals surface area (Å²) in [4.78, 5) is 28.6. The zero-order chi connectivity index (χ0) is 22.4. The van der Waals surface area contributed by atoms with Crippen molar-refractivity contribution in [3.05, 3.63) is 76.5 Å². The van der Waals surface area contributed by atoms with Crippen LogP contribution in [0.2, 0.25) is 0 Å². The number of aromatic carboxylic acids is 1. The van der Waals surface area contributed by atoms with Crippen molar-refractivity contribution in [1.82, 2.24) is 5.32 Å². The molecule has 162 valence electrons. The molecule has 0 saturated carbocycles. The molecule has 0 unspecified atom stereocenters. The number of nitrogens with one attached hydrogen (secondary N) is 1. The van der Waals surface area contributed by atoms with Crippen LogP contribution in [0.25, 0.3) is 0 Å². The standard InChI is InChI=1S/C23H24N2O5S/c1-4-30-22(28)19-14(2)24-23(25-20(19)16-8-6-10-18(12-16)29-3)31-13-15-7-5-9-17(11-15)21(26)27/h5-12,20H,4,13H2,1-3H3,(H,24,25)(H,26,27)/t20-/m1/s1. The van der Waals surface area contributed by atoms with E-state index < -0.39 is 18.0 Å². The number of carbonyl (C=O) groups excluding carboxylic acids is 1. The molecule has 0 aromatic heterocycles. The van der Waals surface area contributed by atoms with Gasteiger partial charge in [-0.2, -0.15) is 0 Å². The molecule has 0 radical (unpaired) electrons. The normalized spacial score (nSPS) is 15.7. The van der Waals surface area contributed by atoms with E-state index in [-0.39, 0.29) is 12.2 Å².